The summed E-state index contributed by atoms with van der Waals surface area (Å²) in [6, 6.07) is 16.0. The number of methoxy groups -OCH3 is 1. The van der Waals surface area contributed by atoms with Gasteiger partial charge in [-0.05, 0) is 59.2 Å². The molecule has 2 aromatic rings. The number of rotatable bonds is 6. The van der Waals surface area contributed by atoms with Gasteiger partial charge in [-0.25, -0.2) is 0 Å². The highest BCUT2D eigenvalue weighted by atomic mass is 32.2. The first kappa shape index (κ1) is 20.2. The molecule has 1 fully saturated rings. The quantitative estimate of drug-likeness (QED) is 0.675. The minimum atomic E-state index is -0.0347. The third-order valence-corrected chi connectivity index (χ3v) is 7.72. The van der Waals surface area contributed by atoms with Crippen molar-refractivity contribution in [3.8, 4) is 5.75 Å². The van der Waals surface area contributed by atoms with Crippen molar-refractivity contribution < 1.29 is 9.53 Å². The number of ether oxygens (including phenoxy) is 1. The van der Waals surface area contributed by atoms with Crippen LogP contribution in [0.3, 0.4) is 0 Å². The van der Waals surface area contributed by atoms with Gasteiger partial charge < -0.3 is 10.1 Å². The second kappa shape index (κ2) is 9.56. The van der Waals surface area contributed by atoms with Gasteiger partial charge in [0.2, 0.25) is 0 Å². The molecular formula is C22H27NO2S2. The lowest BCUT2D eigenvalue weighted by Gasteiger charge is -2.24. The highest BCUT2D eigenvalue weighted by Gasteiger charge is 2.20. The molecule has 1 N–H and O–H groups in total. The van der Waals surface area contributed by atoms with Crippen LogP contribution in [0.25, 0.3) is 0 Å². The van der Waals surface area contributed by atoms with Gasteiger partial charge in [0.15, 0.2) is 0 Å². The molecule has 1 aliphatic heterocycles. The minimum Gasteiger partial charge on any atom is -0.497 e. The maximum atomic E-state index is 12.8. The Balaban J connectivity index is 1.69. The number of amides is 1. The van der Waals surface area contributed by atoms with Gasteiger partial charge in [-0.3, -0.25) is 4.79 Å². The Hall–Kier alpha value is -1.59. The van der Waals surface area contributed by atoms with Crippen molar-refractivity contribution in [3.63, 3.8) is 0 Å². The average Bonchev–Trinajstić information content (AvgIpc) is 2.72. The fraction of sp³-hybridized carbons (Fsp3) is 0.409. The molecule has 1 amide bonds. The number of benzene rings is 2. The molecule has 0 aromatic heterocycles. The maximum absolute atomic E-state index is 12.8. The van der Waals surface area contributed by atoms with Crippen LogP contribution < -0.4 is 10.1 Å². The zero-order valence-electron chi connectivity index (χ0n) is 16.1. The van der Waals surface area contributed by atoms with Crippen molar-refractivity contribution in [3.05, 3.63) is 65.2 Å². The van der Waals surface area contributed by atoms with Crippen LogP contribution in [-0.4, -0.2) is 24.5 Å². The van der Waals surface area contributed by atoms with Gasteiger partial charge in [0, 0.05) is 5.56 Å². The molecule has 5 heteroatoms. The number of hydrogen-bond acceptors (Lipinski definition) is 4. The van der Waals surface area contributed by atoms with E-state index in [0.29, 0.717) is 10.1 Å². The summed E-state index contributed by atoms with van der Waals surface area (Å²) in [6.07, 6.45) is 1.29. The van der Waals surface area contributed by atoms with Crippen LogP contribution in [0.1, 0.15) is 52.4 Å². The molecule has 144 valence electrons. The number of thioether (sulfide) groups is 2. The largest absolute Gasteiger partial charge is 0.497 e. The molecule has 0 bridgehead atoms. The van der Waals surface area contributed by atoms with Gasteiger partial charge in [0.25, 0.3) is 5.91 Å². The number of carbonyl (C=O) groups is 1. The summed E-state index contributed by atoms with van der Waals surface area (Å²) >= 11 is 4.00. The van der Waals surface area contributed by atoms with Gasteiger partial charge in [0.05, 0.1) is 17.7 Å². The summed E-state index contributed by atoms with van der Waals surface area (Å²) in [7, 11) is 1.66. The Morgan fingerprint density at radius 3 is 2.22 bits per heavy atom. The minimum absolute atomic E-state index is 0.0278. The second-order valence-electron chi connectivity index (χ2n) is 7.02. The topological polar surface area (TPSA) is 38.3 Å². The van der Waals surface area contributed by atoms with Crippen molar-refractivity contribution in [1.29, 1.82) is 0 Å². The van der Waals surface area contributed by atoms with E-state index in [1.54, 1.807) is 7.11 Å². The average molecular weight is 402 g/mol. The van der Waals surface area contributed by atoms with Gasteiger partial charge in [-0.1, -0.05) is 38.1 Å². The Morgan fingerprint density at radius 2 is 1.67 bits per heavy atom. The smallest absolute Gasteiger partial charge is 0.251 e. The Kier molecular flexibility index (Phi) is 7.13. The molecule has 0 spiro atoms. The first-order valence-electron chi connectivity index (χ1n) is 9.36. The third-order valence-electron chi connectivity index (χ3n) is 4.70. The fourth-order valence-corrected chi connectivity index (χ4v) is 6.04. The number of carbonyl (C=O) groups excluding carboxylic acids is 1. The van der Waals surface area contributed by atoms with E-state index in [2.05, 4.69) is 31.3 Å². The van der Waals surface area contributed by atoms with E-state index >= 15 is 0 Å². The first-order valence-corrected chi connectivity index (χ1v) is 11.5. The molecule has 1 saturated heterocycles. The van der Waals surface area contributed by atoms with E-state index < -0.39 is 0 Å². The highest BCUT2D eigenvalue weighted by Crippen LogP contribution is 2.43. The van der Waals surface area contributed by atoms with Gasteiger partial charge >= 0.3 is 0 Å². The molecule has 1 aliphatic rings. The third kappa shape index (κ3) is 5.23. The van der Waals surface area contributed by atoms with E-state index in [1.165, 1.54) is 23.5 Å². The van der Waals surface area contributed by atoms with E-state index in [1.807, 2.05) is 59.9 Å². The summed E-state index contributed by atoms with van der Waals surface area (Å²) in [4.78, 5) is 12.8. The fourth-order valence-electron chi connectivity index (χ4n) is 3.14. The van der Waals surface area contributed by atoms with Crippen LogP contribution in [0.5, 0.6) is 5.75 Å². The lowest BCUT2D eigenvalue weighted by Crippen LogP contribution is -2.31. The van der Waals surface area contributed by atoms with Crippen molar-refractivity contribution in [2.45, 2.75) is 30.9 Å². The molecule has 0 saturated carbocycles. The molecule has 0 radical (unpaired) electrons. The Labute approximate surface area is 170 Å². The molecule has 27 heavy (non-hydrogen) atoms. The van der Waals surface area contributed by atoms with Crippen LogP contribution in [-0.2, 0) is 0 Å². The summed E-state index contributed by atoms with van der Waals surface area (Å²) < 4.78 is 5.73. The lowest BCUT2D eigenvalue weighted by molar-refractivity contribution is 0.0925. The normalized spacial score (nSPS) is 16.1. The Morgan fingerprint density at radius 1 is 1.04 bits per heavy atom. The van der Waals surface area contributed by atoms with Crippen molar-refractivity contribution in [2.24, 2.45) is 5.92 Å². The molecule has 3 nitrogen and oxygen atoms in total. The molecule has 1 unspecified atom stereocenters. The SMILES string of the molecule is COc1ccc(C(NC(=O)c2ccc(C3SCCCS3)cc2)C(C)C)cc1. The summed E-state index contributed by atoms with van der Waals surface area (Å²) in [5, 5.41) is 3.20. The predicted molar refractivity (Wildman–Crippen MR) is 117 cm³/mol. The van der Waals surface area contributed by atoms with Crippen LogP contribution in [0.2, 0.25) is 0 Å². The molecule has 0 aliphatic carbocycles. The summed E-state index contributed by atoms with van der Waals surface area (Å²) in [6.45, 7) is 4.24. The van der Waals surface area contributed by atoms with Crippen molar-refractivity contribution in [2.75, 3.05) is 18.6 Å². The molecular weight excluding hydrogens is 374 g/mol. The van der Waals surface area contributed by atoms with Gasteiger partial charge in [-0.2, -0.15) is 0 Å². The summed E-state index contributed by atoms with van der Waals surface area (Å²) in [5.74, 6) is 3.52. The van der Waals surface area contributed by atoms with Gasteiger partial charge in [-0.15, -0.1) is 23.5 Å². The van der Waals surface area contributed by atoms with E-state index in [9.17, 15) is 4.79 Å². The molecule has 1 atom stereocenters. The van der Waals surface area contributed by atoms with Crippen LogP contribution in [0, 0.1) is 5.92 Å². The maximum Gasteiger partial charge on any atom is 0.251 e. The molecule has 2 aromatic carbocycles. The number of hydrogen-bond donors (Lipinski definition) is 1. The van der Waals surface area contributed by atoms with E-state index in [4.69, 9.17) is 4.74 Å². The van der Waals surface area contributed by atoms with Crippen molar-refractivity contribution in [1.82, 2.24) is 5.32 Å². The summed E-state index contributed by atoms with van der Waals surface area (Å²) in [5.41, 5.74) is 3.10. The molecule has 1 heterocycles. The second-order valence-corrected chi connectivity index (χ2v) is 9.74. The van der Waals surface area contributed by atoms with Crippen LogP contribution in [0.15, 0.2) is 48.5 Å². The highest BCUT2D eigenvalue weighted by molar-refractivity contribution is 8.16. The standard InChI is InChI=1S/C22H27NO2S2/c1-15(2)20(16-9-11-19(25-3)12-10-16)23-21(24)17-5-7-18(8-6-17)22-26-13-4-14-27-22/h5-12,15,20,22H,4,13-14H2,1-3H3,(H,23,24). The Bertz CT molecular complexity index is 738. The van der Waals surface area contributed by atoms with Gasteiger partial charge in [0.1, 0.15) is 5.75 Å². The molecule has 3 rings (SSSR count). The van der Waals surface area contributed by atoms with Crippen LogP contribution >= 0.6 is 23.5 Å². The lowest BCUT2D eigenvalue weighted by atomic mass is 9.95. The number of nitrogens with one attached hydrogen (secondary N) is 1. The monoisotopic (exact) mass is 401 g/mol. The van der Waals surface area contributed by atoms with Crippen molar-refractivity contribution >= 4 is 29.4 Å². The predicted octanol–water partition coefficient (Wildman–Crippen LogP) is 5.69. The van der Waals surface area contributed by atoms with E-state index in [0.717, 1.165) is 11.3 Å². The van der Waals surface area contributed by atoms with Crippen LogP contribution in [0.4, 0.5) is 0 Å². The first-order chi connectivity index (χ1) is 13.1. The zero-order chi connectivity index (χ0) is 19.2. The zero-order valence-corrected chi connectivity index (χ0v) is 17.7. The van der Waals surface area contributed by atoms with E-state index in [-0.39, 0.29) is 17.9 Å².